The van der Waals surface area contributed by atoms with E-state index in [1.807, 2.05) is 0 Å². The number of rotatable bonds is 7. The molecule has 0 saturated carbocycles. The van der Waals surface area contributed by atoms with Crippen LogP contribution in [-0.2, 0) is 4.79 Å². The summed E-state index contributed by atoms with van der Waals surface area (Å²) in [6, 6.07) is 8.92. The van der Waals surface area contributed by atoms with Crippen LogP contribution in [0.15, 0.2) is 42.5 Å². The van der Waals surface area contributed by atoms with Gasteiger partial charge in [0.1, 0.15) is 17.4 Å². The Balaban J connectivity index is 1.73. The van der Waals surface area contributed by atoms with Gasteiger partial charge in [-0.2, -0.15) is 0 Å². The smallest absolute Gasteiger partial charge is 0.319 e. The van der Waals surface area contributed by atoms with Gasteiger partial charge >= 0.3 is 6.03 Å². The zero-order valence-electron chi connectivity index (χ0n) is 14.1. The van der Waals surface area contributed by atoms with Crippen LogP contribution in [-0.4, -0.2) is 25.1 Å². The van der Waals surface area contributed by atoms with Crippen molar-refractivity contribution >= 4 is 23.3 Å². The lowest BCUT2D eigenvalue weighted by Gasteiger charge is -2.11. The molecule has 0 spiro atoms. The molecular formula is C18H19F2N3O3. The number of hydrogen-bond donors (Lipinski definition) is 3. The van der Waals surface area contributed by atoms with Crippen molar-refractivity contribution < 1.29 is 23.1 Å². The highest BCUT2D eigenvalue weighted by atomic mass is 19.1. The molecule has 0 radical (unpaired) electrons. The lowest BCUT2D eigenvalue weighted by atomic mass is 10.2. The molecule has 0 fully saturated rings. The number of amides is 3. The highest BCUT2D eigenvalue weighted by Gasteiger charge is 2.08. The Morgan fingerprint density at radius 3 is 2.46 bits per heavy atom. The molecule has 0 aliphatic heterocycles. The maximum absolute atomic E-state index is 13.7. The topological polar surface area (TPSA) is 79.5 Å². The first-order valence-corrected chi connectivity index (χ1v) is 7.94. The fraction of sp³-hybridized carbons (Fsp3) is 0.222. The second-order valence-corrected chi connectivity index (χ2v) is 5.41. The summed E-state index contributed by atoms with van der Waals surface area (Å²) in [5, 5.41) is 7.46. The van der Waals surface area contributed by atoms with Crippen molar-refractivity contribution in [2.75, 3.05) is 23.8 Å². The lowest BCUT2D eigenvalue weighted by molar-refractivity contribution is -0.114. The second kappa shape index (κ2) is 9.36. The number of carbonyl (C=O) groups excluding carboxylic acids is 2. The lowest BCUT2D eigenvalue weighted by Crippen LogP contribution is -2.30. The van der Waals surface area contributed by atoms with Gasteiger partial charge in [0.15, 0.2) is 0 Å². The molecule has 138 valence electrons. The third-order valence-corrected chi connectivity index (χ3v) is 3.22. The minimum atomic E-state index is -0.617. The summed E-state index contributed by atoms with van der Waals surface area (Å²) in [7, 11) is 0. The van der Waals surface area contributed by atoms with Gasteiger partial charge in [-0.3, -0.25) is 4.79 Å². The largest absolute Gasteiger partial charge is 0.494 e. The van der Waals surface area contributed by atoms with Crippen molar-refractivity contribution in [1.82, 2.24) is 5.32 Å². The number of nitrogens with one attached hydrogen (secondary N) is 3. The summed E-state index contributed by atoms with van der Waals surface area (Å²) in [4.78, 5) is 22.8. The summed E-state index contributed by atoms with van der Waals surface area (Å²) in [5.74, 6) is -0.722. The molecule has 0 aromatic heterocycles. The van der Waals surface area contributed by atoms with Gasteiger partial charge in [-0.25, -0.2) is 13.6 Å². The molecule has 8 heteroatoms. The van der Waals surface area contributed by atoms with E-state index < -0.39 is 11.8 Å². The summed E-state index contributed by atoms with van der Waals surface area (Å²) in [5.41, 5.74) is 0.332. The quantitative estimate of drug-likeness (QED) is 0.659. The van der Waals surface area contributed by atoms with Gasteiger partial charge in [0.25, 0.3) is 0 Å². The van der Waals surface area contributed by atoms with Crippen molar-refractivity contribution in [3.8, 4) is 5.75 Å². The molecule has 0 aliphatic rings. The highest BCUT2D eigenvalue weighted by molar-refractivity contribution is 5.92. The van der Waals surface area contributed by atoms with Crippen molar-refractivity contribution in [2.45, 2.75) is 13.3 Å². The summed E-state index contributed by atoms with van der Waals surface area (Å²) in [6.45, 7) is 1.97. The first kappa shape index (κ1) is 19.2. The van der Waals surface area contributed by atoms with Crippen LogP contribution in [0.1, 0.15) is 13.3 Å². The molecule has 6 nitrogen and oxygen atoms in total. The molecule has 3 N–H and O–H groups in total. The van der Waals surface area contributed by atoms with Crippen LogP contribution >= 0.6 is 0 Å². The monoisotopic (exact) mass is 363 g/mol. The number of ether oxygens (including phenoxy) is 1. The average molecular weight is 363 g/mol. The predicted molar refractivity (Wildman–Crippen MR) is 94.2 cm³/mol. The molecule has 0 saturated heterocycles. The highest BCUT2D eigenvalue weighted by Crippen LogP contribution is 2.19. The van der Waals surface area contributed by atoms with E-state index in [0.29, 0.717) is 31.0 Å². The molecule has 0 heterocycles. The molecule has 2 aromatic rings. The number of urea groups is 1. The Bertz CT molecular complexity index is 767. The number of benzene rings is 2. The van der Waals surface area contributed by atoms with Gasteiger partial charge < -0.3 is 20.7 Å². The molecular weight excluding hydrogens is 344 g/mol. The predicted octanol–water partition coefficient (Wildman–Crippen LogP) is 3.51. The van der Waals surface area contributed by atoms with Crippen molar-refractivity contribution in [3.05, 3.63) is 54.1 Å². The van der Waals surface area contributed by atoms with E-state index >= 15 is 0 Å². The van der Waals surface area contributed by atoms with E-state index in [2.05, 4.69) is 16.0 Å². The molecule has 3 amide bonds. The van der Waals surface area contributed by atoms with Crippen molar-refractivity contribution in [1.29, 1.82) is 0 Å². The van der Waals surface area contributed by atoms with E-state index in [1.165, 1.54) is 43.3 Å². The molecule has 0 bridgehead atoms. The Hall–Kier alpha value is -3.16. The summed E-state index contributed by atoms with van der Waals surface area (Å²) >= 11 is 0. The number of hydrogen-bond acceptors (Lipinski definition) is 3. The average Bonchev–Trinajstić information content (AvgIpc) is 2.59. The number of halogens is 2. The van der Waals surface area contributed by atoms with Gasteiger partial charge in [-0.1, -0.05) is 0 Å². The molecule has 0 aliphatic carbocycles. The Morgan fingerprint density at radius 1 is 1.04 bits per heavy atom. The molecule has 26 heavy (non-hydrogen) atoms. The van der Waals surface area contributed by atoms with Crippen molar-refractivity contribution in [2.24, 2.45) is 0 Å². The normalized spacial score (nSPS) is 10.1. The van der Waals surface area contributed by atoms with Gasteiger partial charge in [0, 0.05) is 19.2 Å². The van der Waals surface area contributed by atoms with E-state index in [9.17, 15) is 18.4 Å². The second-order valence-electron chi connectivity index (χ2n) is 5.41. The molecule has 2 rings (SSSR count). The van der Waals surface area contributed by atoms with Crippen LogP contribution in [0.4, 0.5) is 25.0 Å². The fourth-order valence-electron chi connectivity index (χ4n) is 2.06. The number of carbonyl (C=O) groups is 2. The van der Waals surface area contributed by atoms with E-state index in [-0.39, 0.29) is 17.4 Å². The Morgan fingerprint density at radius 2 is 1.77 bits per heavy atom. The van der Waals surface area contributed by atoms with E-state index in [1.54, 1.807) is 0 Å². The first-order valence-electron chi connectivity index (χ1n) is 7.94. The number of anilines is 2. The minimum Gasteiger partial charge on any atom is -0.494 e. The van der Waals surface area contributed by atoms with Crippen LogP contribution < -0.4 is 20.7 Å². The van der Waals surface area contributed by atoms with Crippen molar-refractivity contribution in [3.63, 3.8) is 0 Å². The van der Waals surface area contributed by atoms with Crippen LogP contribution in [0.2, 0.25) is 0 Å². The SMILES string of the molecule is CC(=O)Nc1ccc(F)c(NC(=O)NCCCOc2ccc(F)cc2)c1. The van der Waals surface area contributed by atoms with Crippen LogP contribution in [0.25, 0.3) is 0 Å². The van der Waals surface area contributed by atoms with E-state index in [0.717, 1.165) is 6.07 Å². The molecule has 0 unspecified atom stereocenters. The minimum absolute atomic E-state index is 0.0451. The summed E-state index contributed by atoms with van der Waals surface area (Å²) in [6.07, 6.45) is 0.513. The first-order chi connectivity index (χ1) is 12.4. The van der Waals surface area contributed by atoms with Crippen LogP contribution in [0, 0.1) is 11.6 Å². The molecule has 2 aromatic carbocycles. The summed E-state index contributed by atoms with van der Waals surface area (Å²) < 4.78 is 31.9. The van der Waals surface area contributed by atoms with Gasteiger partial charge in [-0.05, 0) is 48.9 Å². The van der Waals surface area contributed by atoms with Gasteiger partial charge in [-0.15, -0.1) is 0 Å². The van der Waals surface area contributed by atoms with Gasteiger partial charge in [0.05, 0.1) is 12.3 Å². The third-order valence-electron chi connectivity index (χ3n) is 3.22. The zero-order valence-corrected chi connectivity index (χ0v) is 14.1. The Kier molecular flexibility index (Phi) is 6.90. The zero-order chi connectivity index (χ0) is 18.9. The van der Waals surface area contributed by atoms with Gasteiger partial charge in [0.2, 0.25) is 5.91 Å². The van der Waals surface area contributed by atoms with Crippen LogP contribution in [0.3, 0.4) is 0 Å². The molecule has 0 atom stereocenters. The Labute approximate surface area is 149 Å². The van der Waals surface area contributed by atoms with E-state index in [4.69, 9.17) is 4.74 Å². The van der Waals surface area contributed by atoms with Crippen LogP contribution in [0.5, 0.6) is 5.75 Å². The third kappa shape index (κ3) is 6.39. The maximum atomic E-state index is 13.7. The fourth-order valence-corrected chi connectivity index (χ4v) is 2.06. The maximum Gasteiger partial charge on any atom is 0.319 e. The standard InChI is InChI=1S/C18H19F2N3O3/c1-12(24)22-14-5-8-16(20)17(11-14)23-18(25)21-9-2-10-26-15-6-3-13(19)4-7-15/h3-8,11H,2,9-10H2,1H3,(H,22,24)(H2,21,23,25).